The van der Waals surface area contributed by atoms with Gasteiger partial charge in [0.05, 0.1) is 62.3 Å². The van der Waals surface area contributed by atoms with E-state index < -0.39 is 0 Å². The molecule has 0 spiro atoms. The van der Waals surface area contributed by atoms with Gasteiger partial charge in [0.2, 0.25) is 0 Å². The standard InChI is InChI=1S/C53H29N9/c54-29-33-19-21-47-41(25-33)39-15-7-9-17-45(39)61(47)49-23-24-57-32-44(49)43-28-37(53-59-51(35-11-3-1-4-12-35)58-52(60-53)36-13-5-2-6-14-36)27-38(31-56)50(43)62-46-18-10-8-16-40(46)42-26-34(30-55)20-22-48(42)62/h1-28,32H. The predicted molar refractivity (Wildman–Crippen MR) is 242 cm³/mol. The lowest BCUT2D eigenvalue weighted by molar-refractivity contribution is 1.07. The highest BCUT2D eigenvalue weighted by atomic mass is 15.0. The van der Waals surface area contributed by atoms with Crippen LogP contribution in [0.3, 0.4) is 0 Å². The number of benzene rings is 7. The molecule has 4 aromatic heterocycles. The van der Waals surface area contributed by atoms with Gasteiger partial charge in [0.25, 0.3) is 0 Å². The fourth-order valence-corrected chi connectivity index (χ4v) is 8.61. The van der Waals surface area contributed by atoms with Gasteiger partial charge in [0, 0.05) is 61.8 Å². The van der Waals surface area contributed by atoms with Crippen LogP contribution in [0.1, 0.15) is 16.7 Å². The predicted octanol–water partition coefficient (Wildman–Crippen LogP) is 11.7. The lowest BCUT2D eigenvalue weighted by atomic mass is 9.96. The number of hydrogen-bond acceptors (Lipinski definition) is 7. The first-order valence-corrected chi connectivity index (χ1v) is 19.9. The lowest BCUT2D eigenvalue weighted by Gasteiger charge is -2.20. The Labute approximate surface area is 354 Å². The Morgan fingerprint density at radius 2 is 0.903 bits per heavy atom. The minimum absolute atomic E-state index is 0.378. The van der Waals surface area contributed by atoms with Crippen molar-refractivity contribution in [2.24, 2.45) is 0 Å². The maximum atomic E-state index is 11.3. The van der Waals surface area contributed by atoms with Crippen molar-refractivity contribution >= 4 is 43.6 Å². The minimum atomic E-state index is 0.378. The zero-order chi connectivity index (χ0) is 41.7. The van der Waals surface area contributed by atoms with Gasteiger partial charge >= 0.3 is 0 Å². The SMILES string of the molecule is N#Cc1ccc2c(c1)c1ccccc1n2-c1ccncc1-c1cc(-c2nc(-c3ccccc3)nc(-c3ccccc3)n2)cc(C#N)c1-n1c2ccccc2c2cc(C#N)ccc21. The summed E-state index contributed by atoms with van der Waals surface area (Å²) in [6.07, 6.45) is 3.61. The van der Waals surface area contributed by atoms with E-state index in [2.05, 4.69) is 39.5 Å². The van der Waals surface area contributed by atoms with Crippen LogP contribution in [0.25, 0.3) is 100 Å². The smallest absolute Gasteiger partial charge is 0.164 e. The Hall–Kier alpha value is -9.23. The van der Waals surface area contributed by atoms with Crippen LogP contribution < -0.4 is 0 Å². The Morgan fingerprint density at radius 1 is 0.403 bits per heavy atom. The highest BCUT2D eigenvalue weighted by molar-refractivity contribution is 6.12. The summed E-state index contributed by atoms with van der Waals surface area (Å²) in [5.41, 5.74) is 10.2. The molecule has 11 rings (SSSR count). The van der Waals surface area contributed by atoms with Crippen molar-refractivity contribution in [2.75, 3.05) is 0 Å². The van der Waals surface area contributed by atoms with Crippen LogP contribution in [0.5, 0.6) is 0 Å². The van der Waals surface area contributed by atoms with Gasteiger partial charge in [-0.15, -0.1) is 0 Å². The van der Waals surface area contributed by atoms with Crippen LogP contribution in [-0.2, 0) is 0 Å². The van der Waals surface area contributed by atoms with Crippen molar-refractivity contribution in [1.82, 2.24) is 29.1 Å². The monoisotopic (exact) mass is 791 g/mol. The Bertz CT molecular complexity index is 3670. The van der Waals surface area contributed by atoms with Crippen molar-refractivity contribution in [3.05, 3.63) is 193 Å². The Balaban J connectivity index is 1.27. The van der Waals surface area contributed by atoms with Crippen molar-refractivity contribution in [2.45, 2.75) is 0 Å². The van der Waals surface area contributed by atoms with Crippen molar-refractivity contribution in [3.63, 3.8) is 0 Å². The number of para-hydroxylation sites is 2. The average molecular weight is 792 g/mol. The minimum Gasteiger partial charge on any atom is -0.309 e. The molecule has 0 amide bonds. The summed E-state index contributed by atoms with van der Waals surface area (Å²) < 4.78 is 4.31. The van der Waals surface area contributed by atoms with E-state index in [-0.39, 0.29) is 0 Å². The maximum Gasteiger partial charge on any atom is 0.164 e. The Kier molecular flexibility index (Phi) is 8.42. The summed E-state index contributed by atoms with van der Waals surface area (Å²) in [7, 11) is 0. The van der Waals surface area contributed by atoms with Crippen LogP contribution in [0.15, 0.2) is 176 Å². The molecule has 0 radical (unpaired) electrons. The van der Waals surface area contributed by atoms with E-state index in [0.717, 1.165) is 66.0 Å². The molecule has 9 nitrogen and oxygen atoms in total. The van der Waals surface area contributed by atoms with E-state index in [1.54, 1.807) is 6.20 Å². The lowest BCUT2D eigenvalue weighted by Crippen LogP contribution is -2.06. The van der Waals surface area contributed by atoms with Gasteiger partial charge < -0.3 is 9.13 Å². The molecule has 7 aromatic carbocycles. The summed E-state index contributed by atoms with van der Waals surface area (Å²) in [6, 6.07) is 60.2. The molecule has 62 heavy (non-hydrogen) atoms. The molecule has 0 aliphatic rings. The third-order valence-corrected chi connectivity index (χ3v) is 11.3. The molecule has 11 aromatic rings. The van der Waals surface area contributed by atoms with E-state index in [0.29, 0.717) is 51.0 Å². The van der Waals surface area contributed by atoms with E-state index in [4.69, 9.17) is 19.9 Å². The van der Waals surface area contributed by atoms with Crippen LogP contribution in [0, 0.1) is 34.0 Å². The molecular weight excluding hydrogens is 763 g/mol. The summed E-state index contributed by atoms with van der Waals surface area (Å²) in [5, 5.41) is 34.9. The number of pyridine rings is 1. The molecule has 9 heteroatoms. The quantitative estimate of drug-likeness (QED) is 0.164. The second-order valence-electron chi connectivity index (χ2n) is 14.9. The number of rotatable bonds is 6. The van der Waals surface area contributed by atoms with Gasteiger partial charge in [-0.25, -0.2) is 15.0 Å². The van der Waals surface area contributed by atoms with Crippen molar-refractivity contribution in [3.8, 4) is 74.9 Å². The van der Waals surface area contributed by atoms with Crippen LogP contribution in [0.2, 0.25) is 0 Å². The second kappa shape index (κ2) is 14.5. The molecule has 0 aliphatic heterocycles. The number of nitriles is 3. The third kappa shape index (κ3) is 5.76. The first-order valence-electron chi connectivity index (χ1n) is 19.9. The zero-order valence-electron chi connectivity index (χ0n) is 32.8. The van der Waals surface area contributed by atoms with E-state index in [1.807, 2.05) is 158 Å². The van der Waals surface area contributed by atoms with Gasteiger partial charge in [-0.05, 0) is 66.7 Å². The molecule has 4 heterocycles. The molecule has 0 aliphatic carbocycles. The number of fused-ring (bicyclic) bond motifs is 6. The number of nitrogens with zero attached hydrogens (tertiary/aromatic N) is 9. The molecule has 0 N–H and O–H groups in total. The van der Waals surface area contributed by atoms with Gasteiger partial charge in [-0.3, -0.25) is 4.98 Å². The molecule has 0 atom stereocenters. The first-order chi connectivity index (χ1) is 30.6. The summed E-state index contributed by atoms with van der Waals surface area (Å²) in [6.45, 7) is 0. The fraction of sp³-hybridized carbons (Fsp3) is 0. The average Bonchev–Trinajstić information content (AvgIpc) is 3.85. The second-order valence-corrected chi connectivity index (χ2v) is 14.9. The van der Waals surface area contributed by atoms with Gasteiger partial charge in [0.1, 0.15) is 6.07 Å². The van der Waals surface area contributed by atoms with Gasteiger partial charge in [-0.1, -0.05) is 97.1 Å². The molecule has 286 valence electrons. The fourth-order valence-electron chi connectivity index (χ4n) is 8.61. The van der Waals surface area contributed by atoms with Gasteiger partial charge in [-0.2, -0.15) is 15.8 Å². The van der Waals surface area contributed by atoms with Crippen molar-refractivity contribution < 1.29 is 0 Å². The zero-order valence-corrected chi connectivity index (χ0v) is 32.8. The van der Waals surface area contributed by atoms with Crippen LogP contribution >= 0.6 is 0 Å². The number of aromatic nitrogens is 6. The van der Waals surface area contributed by atoms with Crippen LogP contribution in [0.4, 0.5) is 0 Å². The molecule has 0 saturated carbocycles. The summed E-state index contributed by atoms with van der Waals surface area (Å²) in [4.78, 5) is 19.8. The summed E-state index contributed by atoms with van der Waals surface area (Å²) in [5.74, 6) is 1.39. The normalized spacial score (nSPS) is 11.2. The maximum absolute atomic E-state index is 11.3. The molecule has 0 saturated heterocycles. The molecule has 0 bridgehead atoms. The largest absolute Gasteiger partial charge is 0.309 e. The van der Waals surface area contributed by atoms with Gasteiger partial charge in [0.15, 0.2) is 17.5 Å². The molecule has 0 fully saturated rings. The van der Waals surface area contributed by atoms with Crippen LogP contribution in [-0.4, -0.2) is 29.1 Å². The highest BCUT2D eigenvalue weighted by Gasteiger charge is 2.25. The molecule has 0 unspecified atom stereocenters. The topological polar surface area (TPSA) is 133 Å². The van der Waals surface area contributed by atoms with E-state index in [9.17, 15) is 15.8 Å². The van der Waals surface area contributed by atoms with E-state index >= 15 is 0 Å². The number of hydrogen-bond donors (Lipinski definition) is 0. The third-order valence-electron chi connectivity index (χ3n) is 11.3. The summed E-state index contributed by atoms with van der Waals surface area (Å²) >= 11 is 0. The highest BCUT2D eigenvalue weighted by Crippen LogP contribution is 2.43. The Morgan fingerprint density at radius 3 is 1.47 bits per heavy atom. The van der Waals surface area contributed by atoms with E-state index in [1.165, 1.54) is 0 Å². The van der Waals surface area contributed by atoms with Crippen molar-refractivity contribution in [1.29, 1.82) is 15.8 Å². The first kappa shape index (κ1) is 35.9. The molecular formula is C53H29N9.